The third-order valence-electron chi connectivity index (χ3n) is 3.85. The molecule has 0 radical (unpaired) electrons. The molecule has 1 aromatic carbocycles. The molecule has 0 spiro atoms. The zero-order valence-electron chi connectivity index (χ0n) is 13.6. The van der Waals surface area contributed by atoms with Crippen LogP contribution in [0, 0.1) is 13.8 Å². The third kappa shape index (κ3) is 4.38. The molecule has 2 rings (SSSR count). The van der Waals surface area contributed by atoms with Crippen LogP contribution in [0.25, 0.3) is 0 Å². The third-order valence-corrected chi connectivity index (χ3v) is 3.85. The van der Waals surface area contributed by atoms with Crippen molar-refractivity contribution in [3.05, 3.63) is 53.3 Å². The molecule has 0 saturated carbocycles. The summed E-state index contributed by atoms with van der Waals surface area (Å²) in [6.45, 7) is 5.64. The average molecular weight is 300 g/mol. The number of carbonyl (C=O) groups is 1. The molecule has 0 saturated heterocycles. The quantitative estimate of drug-likeness (QED) is 0.854. The first-order chi connectivity index (χ1) is 10.6. The van der Waals surface area contributed by atoms with E-state index in [1.807, 2.05) is 24.3 Å². The van der Waals surface area contributed by atoms with Gasteiger partial charge in [0.15, 0.2) is 0 Å². The van der Waals surface area contributed by atoms with Gasteiger partial charge in [0.05, 0.1) is 7.11 Å². The standard InChI is InChI=1S/C18H24N2O2/c1-14-7-8-15(2)20(14)12-11-19-18(21)10-9-16-5-4-6-17(13-16)22-3/h4-8,13H,9-12H2,1-3H3,(H,19,21). The molecule has 0 aliphatic rings. The van der Waals surface area contributed by atoms with E-state index in [-0.39, 0.29) is 5.91 Å². The Bertz CT molecular complexity index is 612. The molecule has 1 heterocycles. The van der Waals surface area contributed by atoms with Crippen LogP contribution in [0.3, 0.4) is 0 Å². The Hall–Kier alpha value is -2.23. The first-order valence-electron chi connectivity index (χ1n) is 7.62. The minimum atomic E-state index is 0.0882. The summed E-state index contributed by atoms with van der Waals surface area (Å²) in [7, 11) is 1.65. The van der Waals surface area contributed by atoms with Gasteiger partial charge in [-0.15, -0.1) is 0 Å². The highest BCUT2D eigenvalue weighted by Gasteiger charge is 2.04. The number of ether oxygens (including phenoxy) is 1. The van der Waals surface area contributed by atoms with E-state index in [1.165, 1.54) is 11.4 Å². The molecule has 2 aromatic rings. The van der Waals surface area contributed by atoms with E-state index in [0.717, 1.165) is 24.3 Å². The maximum atomic E-state index is 11.9. The number of benzene rings is 1. The molecule has 22 heavy (non-hydrogen) atoms. The van der Waals surface area contributed by atoms with Gasteiger partial charge in [0.25, 0.3) is 0 Å². The van der Waals surface area contributed by atoms with Crippen molar-refractivity contribution in [1.29, 1.82) is 0 Å². The highest BCUT2D eigenvalue weighted by Crippen LogP contribution is 2.13. The van der Waals surface area contributed by atoms with Gasteiger partial charge >= 0.3 is 0 Å². The van der Waals surface area contributed by atoms with Crippen LogP contribution in [-0.4, -0.2) is 24.1 Å². The number of aromatic nitrogens is 1. The Labute approximate surface area is 132 Å². The Morgan fingerprint density at radius 3 is 2.59 bits per heavy atom. The lowest BCUT2D eigenvalue weighted by atomic mass is 10.1. The maximum absolute atomic E-state index is 11.9. The Morgan fingerprint density at radius 1 is 1.18 bits per heavy atom. The molecule has 4 nitrogen and oxygen atoms in total. The van der Waals surface area contributed by atoms with Crippen molar-refractivity contribution < 1.29 is 9.53 Å². The predicted molar refractivity (Wildman–Crippen MR) is 88.2 cm³/mol. The summed E-state index contributed by atoms with van der Waals surface area (Å²) in [5.41, 5.74) is 3.57. The Balaban J connectivity index is 1.74. The first-order valence-corrected chi connectivity index (χ1v) is 7.62. The zero-order valence-corrected chi connectivity index (χ0v) is 13.6. The van der Waals surface area contributed by atoms with Gasteiger partial charge in [-0.05, 0) is 50.1 Å². The van der Waals surface area contributed by atoms with E-state index in [4.69, 9.17) is 4.74 Å². The number of hydrogen-bond donors (Lipinski definition) is 1. The summed E-state index contributed by atoms with van der Waals surface area (Å²) in [4.78, 5) is 11.9. The summed E-state index contributed by atoms with van der Waals surface area (Å²) >= 11 is 0. The molecule has 118 valence electrons. The van der Waals surface area contributed by atoms with Crippen molar-refractivity contribution in [2.24, 2.45) is 0 Å². The molecule has 1 aromatic heterocycles. The second-order valence-corrected chi connectivity index (χ2v) is 5.47. The predicted octanol–water partition coefficient (Wildman–Crippen LogP) is 2.86. The summed E-state index contributed by atoms with van der Waals surface area (Å²) in [6.07, 6.45) is 1.22. The Kier molecular flexibility index (Phi) is 5.64. The molecule has 0 aliphatic carbocycles. The average Bonchev–Trinajstić information content (AvgIpc) is 2.85. The van der Waals surface area contributed by atoms with Gasteiger partial charge in [0.2, 0.25) is 5.91 Å². The highest BCUT2D eigenvalue weighted by molar-refractivity contribution is 5.76. The monoisotopic (exact) mass is 300 g/mol. The first kappa shape index (κ1) is 16.1. The minimum Gasteiger partial charge on any atom is -0.497 e. The topological polar surface area (TPSA) is 43.3 Å². The zero-order chi connectivity index (χ0) is 15.9. The fourth-order valence-corrected chi connectivity index (χ4v) is 2.53. The number of nitrogens with one attached hydrogen (secondary N) is 1. The van der Waals surface area contributed by atoms with Crippen LogP contribution >= 0.6 is 0 Å². The number of nitrogens with zero attached hydrogens (tertiary/aromatic N) is 1. The molecular weight excluding hydrogens is 276 g/mol. The number of amides is 1. The van der Waals surface area contributed by atoms with E-state index >= 15 is 0 Å². The van der Waals surface area contributed by atoms with Gasteiger partial charge < -0.3 is 14.6 Å². The van der Waals surface area contributed by atoms with Crippen molar-refractivity contribution >= 4 is 5.91 Å². The second kappa shape index (κ2) is 7.69. The molecular formula is C18H24N2O2. The number of hydrogen-bond acceptors (Lipinski definition) is 2. The molecule has 4 heteroatoms. The fourth-order valence-electron chi connectivity index (χ4n) is 2.53. The lowest BCUT2D eigenvalue weighted by Crippen LogP contribution is -2.27. The van der Waals surface area contributed by atoms with Crippen molar-refractivity contribution in [3.63, 3.8) is 0 Å². The van der Waals surface area contributed by atoms with E-state index in [1.54, 1.807) is 7.11 Å². The molecule has 1 N–H and O–H groups in total. The fraction of sp³-hybridized carbons (Fsp3) is 0.389. The van der Waals surface area contributed by atoms with Crippen LogP contribution in [0.4, 0.5) is 0 Å². The number of carbonyl (C=O) groups excluding carboxylic acids is 1. The van der Waals surface area contributed by atoms with Crippen LogP contribution in [0.2, 0.25) is 0 Å². The molecule has 0 atom stereocenters. The smallest absolute Gasteiger partial charge is 0.220 e. The molecule has 1 amide bonds. The highest BCUT2D eigenvalue weighted by atomic mass is 16.5. The van der Waals surface area contributed by atoms with Crippen molar-refractivity contribution in [1.82, 2.24) is 9.88 Å². The van der Waals surface area contributed by atoms with Gasteiger partial charge in [0.1, 0.15) is 5.75 Å². The summed E-state index contributed by atoms with van der Waals surface area (Å²) in [5, 5.41) is 2.98. The van der Waals surface area contributed by atoms with Crippen molar-refractivity contribution in [2.45, 2.75) is 33.2 Å². The lowest BCUT2D eigenvalue weighted by molar-refractivity contribution is -0.121. The largest absolute Gasteiger partial charge is 0.497 e. The molecule has 0 unspecified atom stereocenters. The number of methoxy groups -OCH3 is 1. The van der Waals surface area contributed by atoms with Gasteiger partial charge in [-0.2, -0.15) is 0 Å². The van der Waals surface area contributed by atoms with Gasteiger partial charge in [-0.3, -0.25) is 4.79 Å². The van der Waals surface area contributed by atoms with Crippen LogP contribution in [0.5, 0.6) is 5.75 Å². The van der Waals surface area contributed by atoms with Crippen LogP contribution in [-0.2, 0) is 17.8 Å². The van der Waals surface area contributed by atoms with Gasteiger partial charge in [0, 0.05) is 30.9 Å². The Morgan fingerprint density at radius 2 is 1.91 bits per heavy atom. The normalized spacial score (nSPS) is 10.5. The van der Waals surface area contributed by atoms with Crippen LogP contribution in [0.1, 0.15) is 23.4 Å². The summed E-state index contributed by atoms with van der Waals surface area (Å²) in [5.74, 6) is 0.918. The van der Waals surface area contributed by atoms with Gasteiger partial charge in [-0.25, -0.2) is 0 Å². The van der Waals surface area contributed by atoms with Gasteiger partial charge in [-0.1, -0.05) is 12.1 Å². The van der Waals surface area contributed by atoms with E-state index in [0.29, 0.717) is 13.0 Å². The summed E-state index contributed by atoms with van der Waals surface area (Å²) in [6, 6.07) is 12.0. The second-order valence-electron chi connectivity index (χ2n) is 5.47. The molecule has 0 bridgehead atoms. The van der Waals surface area contributed by atoms with E-state index < -0.39 is 0 Å². The lowest BCUT2D eigenvalue weighted by Gasteiger charge is -2.10. The number of aryl methyl sites for hydroxylation is 3. The van der Waals surface area contributed by atoms with Crippen molar-refractivity contribution in [3.8, 4) is 5.75 Å². The van der Waals surface area contributed by atoms with Crippen molar-refractivity contribution in [2.75, 3.05) is 13.7 Å². The van der Waals surface area contributed by atoms with Crippen LogP contribution < -0.4 is 10.1 Å². The molecule has 0 aliphatic heterocycles. The molecule has 0 fully saturated rings. The minimum absolute atomic E-state index is 0.0882. The maximum Gasteiger partial charge on any atom is 0.220 e. The summed E-state index contributed by atoms with van der Waals surface area (Å²) < 4.78 is 7.40. The SMILES string of the molecule is COc1cccc(CCC(=O)NCCn2c(C)ccc2C)c1. The van der Waals surface area contributed by atoms with Crippen LogP contribution in [0.15, 0.2) is 36.4 Å². The van der Waals surface area contributed by atoms with E-state index in [2.05, 4.69) is 35.9 Å². The van der Waals surface area contributed by atoms with E-state index in [9.17, 15) is 4.79 Å². The number of rotatable bonds is 7.